The first-order chi connectivity index (χ1) is 13.8. The summed E-state index contributed by atoms with van der Waals surface area (Å²) >= 11 is 0. The molecule has 2 aromatic heterocycles. The Balaban J connectivity index is 1.96. The fraction of sp³-hybridized carbons (Fsp3) is 0. The second kappa shape index (κ2) is 5.57. The molecule has 0 amide bonds. The van der Waals surface area contributed by atoms with Gasteiger partial charge in [0.15, 0.2) is 0 Å². The Morgan fingerprint density at radius 2 is 1.29 bits per heavy atom. The summed E-state index contributed by atoms with van der Waals surface area (Å²) < 4.78 is 7.82. The van der Waals surface area contributed by atoms with Crippen LogP contribution in [0.1, 0.15) is 0 Å². The van der Waals surface area contributed by atoms with E-state index in [-0.39, 0.29) is 5.63 Å². The van der Waals surface area contributed by atoms with Crippen LogP contribution >= 0.6 is 0 Å². The highest BCUT2D eigenvalue weighted by molar-refractivity contribution is 6.27. The monoisotopic (exact) mass is 361 g/mol. The Bertz CT molecular complexity index is 1570. The van der Waals surface area contributed by atoms with Crippen molar-refractivity contribution in [3.63, 3.8) is 0 Å². The molecule has 2 heterocycles. The van der Waals surface area contributed by atoms with Crippen molar-refractivity contribution in [2.24, 2.45) is 0 Å². The van der Waals surface area contributed by atoms with Gasteiger partial charge in [-0.25, -0.2) is 4.79 Å². The molecule has 6 rings (SSSR count). The van der Waals surface area contributed by atoms with Gasteiger partial charge in [0.1, 0.15) is 5.58 Å². The van der Waals surface area contributed by atoms with E-state index in [0.29, 0.717) is 11.0 Å². The second-order valence-corrected chi connectivity index (χ2v) is 6.96. The van der Waals surface area contributed by atoms with Gasteiger partial charge in [-0.05, 0) is 36.4 Å². The molecule has 6 aromatic rings. The quantitative estimate of drug-likeness (QED) is 0.264. The molecule has 0 N–H and O–H groups in total. The molecule has 28 heavy (non-hydrogen) atoms. The third-order valence-electron chi connectivity index (χ3n) is 5.43. The van der Waals surface area contributed by atoms with Crippen LogP contribution in [0, 0.1) is 0 Å². The Hall–Kier alpha value is -3.85. The van der Waals surface area contributed by atoms with Crippen molar-refractivity contribution in [2.75, 3.05) is 0 Å². The zero-order chi connectivity index (χ0) is 18.7. The van der Waals surface area contributed by atoms with Crippen LogP contribution in [0.4, 0.5) is 0 Å². The largest absolute Gasteiger partial charge is 0.422 e. The molecule has 3 heteroatoms. The lowest BCUT2D eigenvalue weighted by Gasteiger charge is -2.08. The predicted octanol–water partition coefficient (Wildman–Crippen LogP) is 6.04. The average molecular weight is 361 g/mol. The standard InChI is InChI=1S/C25H15NO2/c27-25-19-14-15-21-24(23(19)18-11-5-7-13-22(18)28-25)17-10-4-6-12-20(17)26(21)16-8-2-1-3-9-16/h1-15H. The van der Waals surface area contributed by atoms with E-state index in [9.17, 15) is 4.79 Å². The summed E-state index contributed by atoms with van der Waals surface area (Å²) in [5, 5.41) is 4.74. The van der Waals surface area contributed by atoms with Crippen LogP contribution in [0.15, 0.2) is 100 Å². The number of benzene rings is 4. The minimum atomic E-state index is -0.299. The van der Waals surface area contributed by atoms with Crippen LogP contribution in [0.5, 0.6) is 0 Å². The van der Waals surface area contributed by atoms with Gasteiger partial charge in [-0.1, -0.05) is 54.6 Å². The average Bonchev–Trinajstić information content (AvgIpc) is 3.09. The molecule has 3 nitrogen and oxygen atoms in total. The fourth-order valence-electron chi connectivity index (χ4n) is 4.28. The van der Waals surface area contributed by atoms with Gasteiger partial charge in [-0.3, -0.25) is 0 Å². The van der Waals surface area contributed by atoms with Gasteiger partial charge in [0.25, 0.3) is 0 Å². The smallest absolute Gasteiger partial charge is 0.344 e. The second-order valence-electron chi connectivity index (χ2n) is 6.96. The lowest BCUT2D eigenvalue weighted by atomic mass is 10.0. The molecular weight excluding hydrogens is 346 g/mol. The first kappa shape index (κ1) is 15.2. The van der Waals surface area contributed by atoms with E-state index >= 15 is 0 Å². The number of hydrogen-bond donors (Lipinski definition) is 0. The van der Waals surface area contributed by atoms with Crippen molar-refractivity contribution in [3.8, 4) is 5.69 Å². The first-order valence-electron chi connectivity index (χ1n) is 9.26. The van der Waals surface area contributed by atoms with Crippen molar-refractivity contribution in [1.82, 2.24) is 4.57 Å². The SMILES string of the molecule is O=c1oc2ccccc2c2c1ccc1c2c2ccccc2n1-c1ccccc1. The Morgan fingerprint density at radius 3 is 2.14 bits per heavy atom. The summed E-state index contributed by atoms with van der Waals surface area (Å²) in [4.78, 5) is 12.7. The summed E-state index contributed by atoms with van der Waals surface area (Å²) in [6.07, 6.45) is 0. The van der Waals surface area contributed by atoms with Crippen LogP contribution in [-0.2, 0) is 0 Å². The Kier molecular flexibility index (Phi) is 3.03. The van der Waals surface area contributed by atoms with Gasteiger partial charge < -0.3 is 8.98 Å². The maximum absolute atomic E-state index is 12.7. The lowest BCUT2D eigenvalue weighted by molar-refractivity contribution is 0.570. The van der Waals surface area contributed by atoms with E-state index in [0.717, 1.165) is 38.3 Å². The Morgan fingerprint density at radius 1 is 0.571 bits per heavy atom. The third kappa shape index (κ3) is 1.96. The molecule has 0 bridgehead atoms. The summed E-state index contributed by atoms with van der Waals surface area (Å²) in [6.45, 7) is 0. The van der Waals surface area contributed by atoms with Gasteiger partial charge in [0.2, 0.25) is 0 Å². The van der Waals surface area contributed by atoms with Crippen LogP contribution < -0.4 is 5.63 Å². The van der Waals surface area contributed by atoms with Crippen molar-refractivity contribution in [1.29, 1.82) is 0 Å². The van der Waals surface area contributed by atoms with Gasteiger partial charge >= 0.3 is 5.63 Å². The van der Waals surface area contributed by atoms with Gasteiger partial charge in [0, 0.05) is 27.2 Å². The summed E-state index contributed by atoms with van der Waals surface area (Å²) in [7, 11) is 0. The summed E-state index contributed by atoms with van der Waals surface area (Å²) in [5.41, 5.74) is 3.61. The molecule has 0 aliphatic heterocycles. The van der Waals surface area contributed by atoms with Crippen LogP contribution in [0.25, 0.3) is 49.2 Å². The summed E-state index contributed by atoms with van der Waals surface area (Å²) in [5.74, 6) is 0. The molecular formula is C25H15NO2. The van der Waals surface area contributed by atoms with E-state index in [1.165, 1.54) is 0 Å². The van der Waals surface area contributed by atoms with E-state index in [4.69, 9.17) is 4.42 Å². The minimum absolute atomic E-state index is 0.299. The van der Waals surface area contributed by atoms with Gasteiger partial charge in [-0.15, -0.1) is 0 Å². The molecule has 0 aliphatic carbocycles. The highest BCUT2D eigenvalue weighted by Crippen LogP contribution is 2.38. The predicted molar refractivity (Wildman–Crippen MR) is 114 cm³/mol. The highest BCUT2D eigenvalue weighted by atomic mass is 16.4. The van der Waals surface area contributed by atoms with Crippen LogP contribution in [0.2, 0.25) is 0 Å². The molecule has 0 atom stereocenters. The maximum Gasteiger partial charge on any atom is 0.344 e. The number of rotatable bonds is 1. The molecule has 0 radical (unpaired) electrons. The number of hydrogen-bond acceptors (Lipinski definition) is 2. The number of aromatic nitrogens is 1. The molecule has 132 valence electrons. The number of fused-ring (bicyclic) bond motifs is 7. The van der Waals surface area contributed by atoms with Gasteiger partial charge in [0.05, 0.1) is 16.4 Å². The lowest BCUT2D eigenvalue weighted by Crippen LogP contribution is -2.00. The topological polar surface area (TPSA) is 35.1 Å². The van der Waals surface area contributed by atoms with Crippen LogP contribution in [-0.4, -0.2) is 4.57 Å². The molecule has 0 aliphatic rings. The highest BCUT2D eigenvalue weighted by Gasteiger charge is 2.17. The zero-order valence-corrected chi connectivity index (χ0v) is 14.9. The molecule has 0 saturated heterocycles. The third-order valence-corrected chi connectivity index (χ3v) is 5.43. The van der Waals surface area contributed by atoms with E-state index in [1.807, 2.05) is 60.7 Å². The zero-order valence-electron chi connectivity index (χ0n) is 14.9. The van der Waals surface area contributed by atoms with Crippen LogP contribution in [0.3, 0.4) is 0 Å². The Labute approximate surface area is 160 Å². The number of para-hydroxylation sites is 3. The maximum atomic E-state index is 12.7. The molecule has 0 unspecified atom stereocenters. The van der Waals surface area contributed by atoms with Crippen molar-refractivity contribution >= 4 is 43.5 Å². The normalized spacial score (nSPS) is 11.7. The molecule has 4 aromatic carbocycles. The molecule has 0 saturated carbocycles. The molecule has 0 spiro atoms. The first-order valence-corrected chi connectivity index (χ1v) is 9.26. The van der Waals surface area contributed by atoms with Gasteiger partial charge in [-0.2, -0.15) is 0 Å². The fourth-order valence-corrected chi connectivity index (χ4v) is 4.28. The van der Waals surface area contributed by atoms with Crippen molar-refractivity contribution in [2.45, 2.75) is 0 Å². The van der Waals surface area contributed by atoms with Crippen molar-refractivity contribution in [3.05, 3.63) is 101 Å². The summed E-state index contributed by atoms with van der Waals surface area (Å²) in [6, 6.07) is 30.3. The van der Waals surface area contributed by atoms with E-state index in [1.54, 1.807) is 0 Å². The van der Waals surface area contributed by atoms with Crippen molar-refractivity contribution < 1.29 is 4.42 Å². The molecule has 0 fully saturated rings. The number of nitrogens with zero attached hydrogens (tertiary/aromatic N) is 1. The van der Waals surface area contributed by atoms with E-state index < -0.39 is 0 Å². The van der Waals surface area contributed by atoms with E-state index in [2.05, 4.69) is 34.9 Å². The minimum Gasteiger partial charge on any atom is -0.422 e.